The molecule has 100 valence electrons. The molecule has 2 aromatic carbocycles. The lowest BCUT2D eigenvalue weighted by Gasteiger charge is -2.03. The first kappa shape index (κ1) is 13.7. The lowest BCUT2D eigenvalue weighted by Crippen LogP contribution is -1.98. The number of carbonyl (C=O) groups is 1. The number of benzene rings is 2. The maximum absolute atomic E-state index is 12.0. The van der Waals surface area contributed by atoms with E-state index in [1.165, 1.54) is 7.11 Å². The normalized spacial score (nSPS) is 9.30. The third-order valence-corrected chi connectivity index (χ3v) is 2.76. The quantitative estimate of drug-likeness (QED) is 0.633. The lowest BCUT2D eigenvalue weighted by atomic mass is 10.1. The summed E-state index contributed by atoms with van der Waals surface area (Å²) < 4.78 is 10.2. The van der Waals surface area contributed by atoms with Gasteiger partial charge in [-0.1, -0.05) is 18.1 Å². The summed E-state index contributed by atoms with van der Waals surface area (Å²) in [6, 6.07) is 14.3. The highest BCUT2D eigenvalue weighted by Gasteiger charge is 2.08. The molecular weight excluding hydrogens is 252 g/mol. The largest absolute Gasteiger partial charge is 0.497 e. The van der Waals surface area contributed by atoms with Crippen molar-refractivity contribution in [2.45, 2.75) is 0 Å². The Hall–Kier alpha value is -2.73. The number of hydrogen-bond acceptors (Lipinski definition) is 3. The van der Waals surface area contributed by atoms with Gasteiger partial charge in [0.1, 0.15) is 11.5 Å². The Kier molecular flexibility index (Phi) is 4.41. The first-order valence-electron chi connectivity index (χ1n) is 6.08. The third kappa shape index (κ3) is 3.18. The number of Topliss-reactive ketones (excluding diaryl/α,β-unsaturated/α-hetero) is 1. The molecule has 0 aliphatic carbocycles. The zero-order chi connectivity index (χ0) is 14.4. The summed E-state index contributed by atoms with van der Waals surface area (Å²) in [5.74, 6) is 6.47. The van der Waals surface area contributed by atoms with Crippen molar-refractivity contribution >= 4 is 5.78 Å². The van der Waals surface area contributed by atoms with Crippen molar-refractivity contribution in [3.63, 3.8) is 0 Å². The van der Waals surface area contributed by atoms with E-state index in [9.17, 15) is 4.79 Å². The minimum absolute atomic E-state index is 0.265. The maximum Gasteiger partial charge on any atom is 0.239 e. The minimum atomic E-state index is -0.265. The van der Waals surface area contributed by atoms with Gasteiger partial charge >= 0.3 is 0 Å². The molecule has 0 saturated heterocycles. The molecule has 0 N–H and O–H groups in total. The van der Waals surface area contributed by atoms with Crippen molar-refractivity contribution in [1.29, 1.82) is 0 Å². The molecule has 3 heteroatoms. The van der Waals surface area contributed by atoms with Gasteiger partial charge in [-0.15, -0.1) is 0 Å². The second kappa shape index (κ2) is 6.44. The number of ketones is 1. The van der Waals surface area contributed by atoms with Crippen molar-refractivity contribution in [1.82, 2.24) is 0 Å². The van der Waals surface area contributed by atoms with Crippen molar-refractivity contribution < 1.29 is 14.3 Å². The summed E-state index contributed by atoms with van der Waals surface area (Å²) >= 11 is 0. The van der Waals surface area contributed by atoms with E-state index in [4.69, 9.17) is 9.47 Å². The Morgan fingerprint density at radius 2 is 1.65 bits per heavy atom. The molecule has 2 aromatic rings. The molecule has 0 amide bonds. The Balaban J connectivity index is 2.21. The van der Waals surface area contributed by atoms with Crippen molar-refractivity contribution in [3.05, 3.63) is 59.7 Å². The van der Waals surface area contributed by atoms with Crippen LogP contribution in [0.15, 0.2) is 48.5 Å². The molecule has 2 rings (SSSR count). The predicted molar refractivity (Wildman–Crippen MR) is 77.2 cm³/mol. The van der Waals surface area contributed by atoms with Crippen LogP contribution in [0.5, 0.6) is 11.5 Å². The van der Waals surface area contributed by atoms with E-state index in [0.29, 0.717) is 11.3 Å². The maximum atomic E-state index is 12.0. The van der Waals surface area contributed by atoms with Crippen LogP contribution in [-0.2, 0) is 0 Å². The first-order valence-corrected chi connectivity index (χ1v) is 6.08. The fraction of sp³-hybridized carbons (Fsp3) is 0.118. The van der Waals surface area contributed by atoms with Crippen molar-refractivity contribution in [2.75, 3.05) is 14.2 Å². The fourth-order valence-corrected chi connectivity index (χ4v) is 1.70. The highest BCUT2D eigenvalue weighted by atomic mass is 16.5. The Morgan fingerprint density at radius 3 is 2.30 bits per heavy atom. The van der Waals surface area contributed by atoms with E-state index in [-0.39, 0.29) is 5.78 Å². The van der Waals surface area contributed by atoms with Crippen LogP contribution in [0.4, 0.5) is 0 Å². The van der Waals surface area contributed by atoms with Crippen LogP contribution in [0.3, 0.4) is 0 Å². The molecule has 0 heterocycles. The number of carbonyl (C=O) groups excluding carboxylic acids is 1. The monoisotopic (exact) mass is 266 g/mol. The van der Waals surface area contributed by atoms with Gasteiger partial charge in [-0.25, -0.2) is 0 Å². The van der Waals surface area contributed by atoms with E-state index in [1.54, 1.807) is 49.6 Å². The summed E-state index contributed by atoms with van der Waals surface area (Å²) in [4.78, 5) is 12.0. The van der Waals surface area contributed by atoms with Crippen LogP contribution in [0, 0.1) is 11.8 Å². The first-order chi connectivity index (χ1) is 9.74. The predicted octanol–water partition coefficient (Wildman–Crippen LogP) is 2.94. The van der Waals surface area contributed by atoms with Gasteiger partial charge in [0, 0.05) is 5.56 Å². The highest BCUT2D eigenvalue weighted by molar-refractivity contribution is 6.11. The smallest absolute Gasteiger partial charge is 0.239 e. The fourth-order valence-electron chi connectivity index (χ4n) is 1.70. The second-order valence-electron chi connectivity index (χ2n) is 4.01. The van der Waals surface area contributed by atoms with Crippen LogP contribution in [0.25, 0.3) is 0 Å². The average Bonchev–Trinajstić information content (AvgIpc) is 2.53. The van der Waals surface area contributed by atoms with E-state index in [2.05, 4.69) is 11.8 Å². The van der Waals surface area contributed by atoms with E-state index in [1.807, 2.05) is 6.07 Å². The number of methoxy groups -OCH3 is 2. The zero-order valence-corrected chi connectivity index (χ0v) is 11.3. The number of para-hydroxylation sites is 1. The molecule has 0 bridgehead atoms. The molecule has 0 spiro atoms. The summed E-state index contributed by atoms with van der Waals surface area (Å²) in [5.41, 5.74) is 1.23. The molecule has 0 saturated carbocycles. The van der Waals surface area contributed by atoms with Gasteiger partial charge in [-0.3, -0.25) is 4.79 Å². The van der Waals surface area contributed by atoms with E-state index < -0.39 is 0 Å². The number of ether oxygens (including phenoxy) is 2. The van der Waals surface area contributed by atoms with Crippen molar-refractivity contribution in [3.8, 4) is 23.3 Å². The van der Waals surface area contributed by atoms with Crippen LogP contribution in [-0.4, -0.2) is 20.0 Å². The van der Waals surface area contributed by atoms with Crippen LogP contribution in [0.1, 0.15) is 15.9 Å². The van der Waals surface area contributed by atoms with Gasteiger partial charge in [-0.2, -0.15) is 0 Å². The van der Waals surface area contributed by atoms with Crippen LogP contribution < -0.4 is 9.47 Å². The number of rotatable bonds is 3. The van der Waals surface area contributed by atoms with E-state index in [0.717, 1.165) is 11.3 Å². The molecule has 0 radical (unpaired) electrons. The molecule has 3 nitrogen and oxygen atoms in total. The third-order valence-electron chi connectivity index (χ3n) is 2.76. The van der Waals surface area contributed by atoms with Gasteiger partial charge in [0.05, 0.1) is 19.8 Å². The van der Waals surface area contributed by atoms with Gasteiger partial charge < -0.3 is 9.47 Å². The topological polar surface area (TPSA) is 35.5 Å². The standard InChI is InChI=1S/C17H14O3/c1-19-14-10-7-13(8-11-14)9-12-16(18)15-5-3-4-6-17(15)20-2/h3-8,10-11H,1-2H3. The Morgan fingerprint density at radius 1 is 0.950 bits per heavy atom. The molecule has 0 aliphatic rings. The molecule has 0 aliphatic heterocycles. The zero-order valence-electron chi connectivity index (χ0n) is 11.3. The summed E-state index contributed by atoms with van der Waals surface area (Å²) in [6.07, 6.45) is 0. The minimum Gasteiger partial charge on any atom is -0.497 e. The molecule has 0 unspecified atom stereocenters. The van der Waals surface area contributed by atoms with E-state index >= 15 is 0 Å². The number of hydrogen-bond donors (Lipinski definition) is 0. The molecule has 0 aromatic heterocycles. The highest BCUT2D eigenvalue weighted by Crippen LogP contribution is 2.17. The van der Waals surface area contributed by atoms with Crippen molar-refractivity contribution in [2.24, 2.45) is 0 Å². The van der Waals surface area contributed by atoms with Crippen LogP contribution >= 0.6 is 0 Å². The Bertz CT molecular complexity index is 661. The van der Waals surface area contributed by atoms with Gasteiger partial charge in [0.15, 0.2) is 0 Å². The molecule has 0 atom stereocenters. The molecule has 0 fully saturated rings. The molecule has 20 heavy (non-hydrogen) atoms. The SMILES string of the molecule is COc1ccc(C#CC(=O)c2ccccc2OC)cc1. The average molecular weight is 266 g/mol. The van der Waals surface area contributed by atoms with Crippen LogP contribution in [0.2, 0.25) is 0 Å². The summed E-state index contributed by atoms with van der Waals surface area (Å²) in [5, 5.41) is 0. The van der Waals surface area contributed by atoms with Gasteiger partial charge in [0.25, 0.3) is 0 Å². The molecular formula is C17H14O3. The lowest BCUT2D eigenvalue weighted by molar-refractivity contribution is 0.105. The van der Waals surface area contributed by atoms with Gasteiger partial charge in [-0.05, 0) is 42.3 Å². The summed E-state index contributed by atoms with van der Waals surface area (Å²) in [7, 11) is 3.13. The second-order valence-corrected chi connectivity index (χ2v) is 4.01. The Labute approximate surface area is 118 Å². The van der Waals surface area contributed by atoms with Gasteiger partial charge in [0.2, 0.25) is 5.78 Å². The summed E-state index contributed by atoms with van der Waals surface area (Å²) in [6.45, 7) is 0.